The van der Waals surface area contributed by atoms with E-state index in [-0.39, 0.29) is 30.3 Å². The maximum Gasteiger partial charge on any atom is 0.270 e. The minimum atomic E-state index is -3.80. The number of nitro benzene ring substituents is 1. The second kappa shape index (κ2) is 9.52. The SMILES string of the molecule is Cc1ccc(OCC(O)CN2CCN(S(=O)(=O)c3cccc([N+](=O)[O-])c3)CC2)cc1. The first-order chi connectivity index (χ1) is 14.3. The lowest BCUT2D eigenvalue weighted by Gasteiger charge is -2.34. The molecule has 2 aromatic rings. The first kappa shape index (κ1) is 22.2. The molecule has 30 heavy (non-hydrogen) atoms. The molecule has 2 aromatic carbocycles. The van der Waals surface area contributed by atoms with Crippen molar-refractivity contribution in [3.8, 4) is 5.75 Å². The van der Waals surface area contributed by atoms with Gasteiger partial charge in [-0.3, -0.25) is 15.0 Å². The van der Waals surface area contributed by atoms with Crippen LogP contribution in [0.25, 0.3) is 0 Å². The lowest BCUT2D eigenvalue weighted by atomic mass is 10.2. The van der Waals surface area contributed by atoms with Gasteiger partial charge in [-0.2, -0.15) is 4.31 Å². The minimum Gasteiger partial charge on any atom is -0.491 e. The number of benzene rings is 2. The van der Waals surface area contributed by atoms with Crippen LogP contribution in [0.1, 0.15) is 5.56 Å². The molecule has 1 heterocycles. The van der Waals surface area contributed by atoms with Crippen molar-refractivity contribution in [2.75, 3.05) is 39.3 Å². The van der Waals surface area contributed by atoms with Crippen molar-refractivity contribution in [2.45, 2.75) is 17.9 Å². The summed E-state index contributed by atoms with van der Waals surface area (Å²) in [6.07, 6.45) is -0.703. The zero-order chi connectivity index (χ0) is 21.7. The molecule has 0 spiro atoms. The van der Waals surface area contributed by atoms with E-state index >= 15 is 0 Å². The highest BCUT2D eigenvalue weighted by atomic mass is 32.2. The summed E-state index contributed by atoms with van der Waals surface area (Å²) >= 11 is 0. The van der Waals surface area contributed by atoms with Crippen LogP contribution in [0.4, 0.5) is 5.69 Å². The van der Waals surface area contributed by atoms with E-state index in [1.807, 2.05) is 36.1 Å². The van der Waals surface area contributed by atoms with Crippen molar-refractivity contribution in [3.63, 3.8) is 0 Å². The summed E-state index contributed by atoms with van der Waals surface area (Å²) in [5, 5.41) is 21.2. The van der Waals surface area contributed by atoms with Gasteiger partial charge in [0, 0.05) is 44.9 Å². The number of piperazine rings is 1. The Bertz CT molecular complexity index is 972. The summed E-state index contributed by atoms with van der Waals surface area (Å²) in [5.74, 6) is 0.688. The molecular formula is C20H25N3O6S. The highest BCUT2D eigenvalue weighted by Crippen LogP contribution is 2.22. The van der Waals surface area contributed by atoms with Crippen molar-refractivity contribution in [3.05, 3.63) is 64.2 Å². The van der Waals surface area contributed by atoms with Crippen LogP contribution in [0.5, 0.6) is 5.75 Å². The molecule has 9 nitrogen and oxygen atoms in total. The number of hydrogen-bond acceptors (Lipinski definition) is 7. The topological polar surface area (TPSA) is 113 Å². The third-order valence-electron chi connectivity index (χ3n) is 4.93. The maximum atomic E-state index is 12.8. The molecule has 10 heteroatoms. The molecule has 1 N–H and O–H groups in total. The van der Waals surface area contributed by atoms with Crippen LogP contribution >= 0.6 is 0 Å². The number of hydrogen-bond donors (Lipinski definition) is 1. The standard InChI is InChI=1S/C20H25N3O6S/c1-16-5-7-19(8-6-16)29-15-18(24)14-21-9-11-22(12-10-21)30(27,28)20-4-2-3-17(13-20)23(25)26/h2-8,13,18,24H,9-12,14-15H2,1H3. The Labute approximate surface area is 175 Å². The van der Waals surface area contributed by atoms with Crippen LogP contribution in [0.15, 0.2) is 53.4 Å². The number of non-ortho nitro benzene ring substituents is 1. The summed E-state index contributed by atoms with van der Waals surface area (Å²) in [7, 11) is -3.80. The number of aryl methyl sites for hydroxylation is 1. The molecule has 1 fully saturated rings. The Morgan fingerprint density at radius 3 is 2.43 bits per heavy atom. The van der Waals surface area contributed by atoms with Crippen molar-refractivity contribution in [1.82, 2.24) is 9.21 Å². The Hall–Kier alpha value is -2.53. The van der Waals surface area contributed by atoms with Crippen LogP contribution in [0.3, 0.4) is 0 Å². The van der Waals surface area contributed by atoms with Crippen molar-refractivity contribution in [2.24, 2.45) is 0 Å². The molecule has 0 bridgehead atoms. The van der Waals surface area contributed by atoms with E-state index in [0.29, 0.717) is 25.4 Å². The highest BCUT2D eigenvalue weighted by Gasteiger charge is 2.30. The van der Waals surface area contributed by atoms with E-state index in [9.17, 15) is 23.6 Å². The smallest absolute Gasteiger partial charge is 0.270 e. The van der Waals surface area contributed by atoms with Gasteiger partial charge in [0.05, 0.1) is 9.82 Å². The molecule has 0 radical (unpaired) electrons. The first-order valence-electron chi connectivity index (χ1n) is 9.60. The van der Waals surface area contributed by atoms with Gasteiger partial charge < -0.3 is 9.84 Å². The summed E-state index contributed by atoms with van der Waals surface area (Å²) < 4.78 is 32.5. The number of aliphatic hydroxyl groups is 1. The molecule has 0 aliphatic carbocycles. The Morgan fingerprint density at radius 1 is 1.13 bits per heavy atom. The van der Waals surface area contributed by atoms with Crippen molar-refractivity contribution in [1.29, 1.82) is 0 Å². The van der Waals surface area contributed by atoms with Gasteiger partial charge >= 0.3 is 0 Å². The quantitative estimate of drug-likeness (QED) is 0.495. The zero-order valence-corrected chi connectivity index (χ0v) is 17.5. The van der Waals surface area contributed by atoms with Gasteiger partial charge in [0.25, 0.3) is 5.69 Å². The van der Waals surface area contributed by atoms with E-state index < -0.39 is 21.1 Å². The van der Waals surface area contributed by atoms with E-state index in [2.05, 4.69) is 0 Å². The molecule has 1 atom stereocenters. The predicted octanol–water partition coefficient (Wildman–Crippen LogP) is 1.65. The number of β-amino-alcohol motifs (C(OH)–C–C–N with tert-alkyl or cyclic N) is 1. The Morgan fingerprint density at radius 2 is 1.80 bits per heavy atom. The largest absolute Gasteiger partial charge is 0.491 e. The maximum absolute atomic E-state index is 12.8. The Kier molecular flexibility index (Phi) is 7.03. The molecular weight excluding hydrogens is 410 g/mol. The third-order valence-corrected chi connectivity index (χ3v) is 6.82. The number of rotatable bonds is 8. The van der Waals surface area contributed by atoms with E-state index in [1.54, 1.807) is 0 Å². The second-order valence-electron chi connectivity index (χ2n) is 7.24. The van der Waals surface area contributed by atoms with Gasteiger partial charge in [-0.1, -0.05) is 23.8 Å². The summed E-state index contributed by atoms with van der Waals surface area (Å²) in [6.45, 7) is 3.90. The average molecular weight is 436 g/mol. The number of aliphatic hydroxyl groups excluding tert-OH is 1. The monoisotopic (exact) mass is 435 g/mol. The number of nitrogens with zero attached hydrogens (tertiary/aromatic N) is 3. The first-order valence-corrected chi connectivity index (χ1v) is 11.0. The zero-order valence-electron chi connectivity index (χ0n) is 16.7. The molecule has 0 aromatic heterocycles. The fourth-order valence-corrected chi connectivity index (χ4v) is 4.70. The van der Waals surface area contributed by atoms with E-state index in [4.69, 9.17) is 4.74 Å². The van der Waals surface area contributed by atoms with Gasteiger partial charge in [-0.15, -0.1) is 0 Å². The number of ether oxygens (including phenoxy) is 1. The highest BCUT2D eigenvalue weighted by molar-refractivity contribution is 7.89. The van der Waals surface area contributed by atoms with Gasteiger partial charge in [0.1, 0.15) is 18.5 Å². The van der Waals surface area contributed by atoms with Crippen LogP contribution in [-0.4, -0.2) is 73.1 Å². The average Bonchev–Trinajstić information content (AvgIpc) is 2.74. The molecule has 1 aliphatic heterocycles. The van der Waals surface area contributed by atoms with Crippen molar-refractivity contribution < 1.29 is 23.2 Å². The van der Waals surface area contributed by atoms with Crippen LogP contribution < -0.4 is 4.74 Å². The second-order valence-corrected chi connectivity index (χ2v) is 9.17. The van der Waals surface area contributed by atoms with Crippen LogP contribution in [-0.2, 0) is 10.0 Å². The normalized spacial score (nSPS) is 16.9. The Balaban J connectivity index is 1.50. The molecule has 1 unspecified atom stereocenters. The van der Waals surface area contributed by atoms with Crippen molar-refractivity contribution >= 4 is 15.7 Å². The molecule has 162 valence electrons. The summed E-state index contributed by atoms with van der Waals surface area (Å²) in [6, 6.07) is 12.6. The molecule has 0 saturated carbocycles. The summed E-state index contributed by atoms with van der Waals surface area (Å²) in [5.41, 5.74) is 0.868. The van der Waals surface area contributed by atoms with E-state index in [0.717, 1.165) is 11.6 Å². The van der Waals surface area contributed by atoms with Gasteiger partial charge in [-0.25, -0.2) is 8.42 Å². The molecule has 1 aliphatic rings. The van der Waals surface area contributed by atoms with Crippen LogP contribution in [0, 0.1) is 17.0 Å². The predicted molar refractivity (Wildman–Crippen MR) is 111 cm³/mol. The molecule has 3 rings (SSSR count). The number of nitro groups is 1. The fraction of sp³-hybridized carbons (Fsp3) is 0.400. The van der Waals surface area contributed by atoms with E-state index in [1.165, 1.54) is 22.5 Å². The van der Waals surface area contributed by atoms with Gasteiger partial charge in [0.2, 0.25) is 10.0 Å². The lowest BCUT2D eigenvalue weighted by molar-refractivity contribution is -0.385. The fourth-order valence-electron chi connectivity index (χ4n) is 3.24. The lowest BCUT2D eigenvalue weighted by Crippen LogP contribution is -2.50. The summed E-state index contributed by atoms with van der Waals surface area (Å²) in [4.78, 5) is 12.2. The van der Waals surface area contributed by atoms with Gasteiger partial charge in [0.15, 0.2) is 0 Å². The van der Waals surface area contributed by atoms with Gasteiger partial charge in [-0.05, 0) is 25.1 Å². The molecule has 1 saturated heterocycles. The third kappa shape index (κ3) is 5.54. The van der Waals surface area contributed by atoms with Crippen LogP contribution in [0.2, 0.25) is 0 Å². The number of sulfonamides is 1. The molecule has 0 amide bonds. The minimum absolute atomic E-state index is 0.0864.